The Balaban J connectivity index is 1.73. The molecule has 27 heavy (non-hydrogen) atoms. The van der Waals surface area contributed by atoms with Crippen molar-refractivity contribution in [2.45, 2.75) is 13.0 Å². The van der Waals surface area contributed by atoms with Crippen molar-refractivity contribution < 1.29 is 13.6 Å². The van der Waals surface area contributed by atoms with Crippen LogP contribution in [0.1, 0.15) is 29.0 Å². The van der Waals surface area contributed by atoms with Gasteiger partial charge in [-0.25, -0.2) is 13.3 Å². The number of amides is 1. The molecule has 0 spiro atoms. The minimum absolute atomic E-state index is 0.0436. The van der Waals surface area contributed by atoms with Gasteiger partial charge in [0, 0.05) is 0 Å². The Labute approximate surface area is 150 Å². The summed E-state index contributed by atoms with van der Waals surface area (Å²) >= 11 is 0. The first-order valence-electron chi connectivity index (χ1n) is 8.07. The van der Waals surface area contributed by atoms with Crippen LogP contribution in [0.2, 0.25) is 0 Å². The first kappa shape index (κ1) is 16.8. The van der Waals surface area contributed by atoms with Gasteiger partial charge in [-0.2, -0.15) is 0 Å². The van der Waals surface area contributed by atoms with Crippen molar-refractivity contribution in [3.8, 4) is 0 Å². The first-order valence-corrected chi connectivity index (χ1v) is 8.07. The van der Waals surface area contributed by atoms with Crippen LogP contribution < -0.4 is 10.9 Å². The number of hydrogen-bond donors (Lipinski definition) is 2. The van der Waals surface area contributed by atoms with Gasteiger partial charge in [0.05, 0.1) is 17.1 Å². The van der Waals surface area contributed by atoms with Gasteiger partial charge in [0.25, 0.3) is 11.5 Å². The fourth-order valence-electron chi connectivity index (χ4n) is 2.88. The second kappa shape index (κ2) is 6.27. The number of benzene rings is 2. The number of nitrogens with zero attached hydrogens (tertiary/aromatic N) is 3. The second-order valence-corrected chi connectivity index (χ2v) is 6.06. The van der Waals surface area contributed by atoms with Crippen LogP contribution in [0.15, 0.2) is 47.3 Å². The van der Waals surface area contributed by atoms with Crippen molar-refractivity contribution >= 4 is 22.5 Å². The predicted octanol–water partition coefficient (Wildman–Crippen LogP) is 2.34. The minimum atomic E-state index is -0.613. The summed E-state index contributed by atoms with van der Waals surface area (Å²) in [6.45, 7) is 1.72. The molecule has 2 aromatic carbocycles. The normalized spacial score (nSPS) is 12.4. The van der Waals surface area contributed by atoms with Gasteiger partial charge in [0.1, 0.15) is 11.6 Å². The lowest BCUT2D eigenvalue weighted by molar-refractivity contribution is 0.0936. The molecule has 7 nitrogen and oxygen atoms in total. The number of carbonyl (C=O) groups excluding carboxylic acids is 1. The molecule has 136 valence electrons. The molecule has 0 radical (unpaired) electrons. The number of carbonyl (C=O) groups is 1. The van der Waals surface area contributed by atoms with Gasteiger partial charge in [-0.3, -0.25) is 9.59 Å². The van der Waals surface area contributed by atoms with Gasteiger partial charge in [0.2, 0.25) is 0 Å². The van der Waals surface area contributed by atoms with Crippen LogP contribution in [0.25, 0.3) is 16.6 Å². The molecule has 0 saturated carbocycles. The molecular formula is C18H13F2N5O2. The van der Waals surface area contributed by atoms with Gasteiger partial charge in [0.15, 0.2) is 11.2 Å². The maximum Gasteiger partial charge on any atom is 0.277 e. The second-order valence-electron chi connectivity index (χ2n) is 6.06. The number of rotatable bonds is 3. The van der Waals surface area contributed by atoms with Crippen molar-refractivity contribution in [1.29, 1.82) is 0 Å². The highest BCUT2D eigenvalue weighted by atomic mass is 19.1. The Bertz CT molecular complexity index is 1230. The molecule has 0 unspecified atom stereocenters. The number of nitrogens with one attached hydrogen (secondary N) is 2. The van der Waals surface area contributed by atoms with E-state index in [9.17, 15) is 18.4 Å². The Morgan fingerprint density at radius 1 is 1.15 bits per heavy atom. The quantitative estimate of drug-likeness (QED) is 0.580. The molecule has 9 heteroatoms. The third kappa shape index (κ3) is 2.92. The Morgan fingerprint density at radius 2 is 1.85 bits per heavy atom. The summed E-state index contributed by atoms with van der Waals surface area (Å²) in [5.74, 6) is -1.49. The number of H-pyrrole nitrogens is 1. The largest absolute Gasteiger partial charge is 0.344 e. The molecular weight excluding hydrogens is 356 g/mol. The molecule has 0 bridgehead atoms. The zero-order valence-electron chi connectivity index (χ0n) is 14.0. The van der Waals surface area contributed by atoms with E-state index in [1.165, 1.54) is 28.8 Å². The van der Waals surface area contributed by atoms with Crippen LogP contribution in [0.5, 0.6) is 0 Å². The highest BCUT2D eigenvalue weighted by molar-refractivity contribution is 5.99. The Kier molecular flexibility index (Phi) is 3.91. The monoisotopic (exact) mass is 369 g/mol. The summed E-state index contributed by atoms with van der Waals surface area (Å²) in [7, 11) is 0. The third-order valence-electron chi connectivity index (χ3n) is 4.25. The molecule has 4 aromatic rings. The van der Waals surface area contributed by atoms with E-state index in [4.69, 9.17) is 0 Å². The lowest BCUT2D eigenvalue weighted by Gasteiger charge is -2.13. The number of aromatic nitrogens is 4. The highest BCUT2D eigenvalue weighted by Crippen LogP contribution is 2.16. The van der Waals surface area contributed by atoms with E-state index < -0.39 is 23.3 Å². The molecule has 2 heterocycles. The number of halogens is 2. The summed E-state index contributed by atoms with van der Waals surface area (Å²) in [5.41, 5.74) is 0.524. The third-order valence-corrected chi connectivity index (χ3v) is 4.25. The van der Waals surface area contributed by atoms with E-state index in [2.05, 4.69) is 20.6 Å². The van der Waals surface area contributed by atoms with Crippen molar-refractivity contribution in [3.05, 3.63) is 75.7 Å². The molecule has 2 N–H and O–H groups in total. The summed E-state index contributed by atoms with van der Waals surface area (Å²) in [6, 6.07) is 9.07. The summed E-state index contributed by atoms with van der Waals surface area (Å²) in [5, 5.41) is 10.4. The molecule has 1 atom stereocenters. The minimum Gasteiger partial charge on any atom is -0.344 e. The smallest absolute Gasteiger partial charge is 0.277 e. The highest BCUT2D eigenvalue weighted by Gasteiger charge is 2.21. The summed E-state index contributed by atoms with van der Waals surface area (Å²) in [4.78, 5) is 27.5. The molecule has 0 fully saturated rings. The average molecular weight is 369 g/mol. The maximum atomic E-state index is 13.4. The number of fused-ring (bicyclic) bond motifs is 3. The number of hydrogen-bond acceptors (Lipinski definition) is 4. The van der Waals surface area contributed by atoms with Crippen molar-refractivity contribution in [2.75, 3.05) is 0 Å². The SMILES string of the molecule is C[C@@H](NC(=O)c1nnn2c1c(=O)[nH]c1cc(F)ccc12)c1ccc(F)cc1. The van der Waals surface area contributed by atoms with Gasteiger partial charge >= 0.3 is 0 Å². The van der Waals surface area contributed by atoms with Crippen molar-refractivity contribution in [3.63, 3.8) is 0 Å². The fourth-order valence-corrected chi connectivity index (χ4v) is 2.88. The van der Waals surface area contributed by atoms with E-state index in [0.717, 1.165) is 6.07 Å². The van der Waals surface area contributed by atoms with Crippen LogP contribution in [0.4, 0.5) is 8.78 Å². The van der Waals surface area contributed by atoms with E-state index in [1.54, 1.807) is 19.1 Å². The van der Waals surface area contributed by atoms with Crippen molar-refractivity contribution in [1.82, 2.24) is 25.1 Å². The predicted molar refractivity (Wildman–Crippen MR) is 93.4 cm³/mol. The van der Waals surface area contributed by atoms with E-state index in [0.29, 0.717) is 11.1 Å². The van der Waals surface area contributed by atoms with Crippen LogP contribution in [0.3, 0.4) is 0 Å². The molecule has 0 aliphatic rings. The molecule has 4 rings (SSSR count). The topological polar surface area (TPSA) is 92.2 Å². The molecule has 2 aromatic heterocycles. The average Bonchev–Trinajstić information content (AvgIpc) is 3.08. The van der Waals surface area contributed by atoms with E-state index in [1.807, 2.05) is 0 Å². The Morgan fingerprint density at radius 3 is 2.59 bits per heavy atom. The van der Waals surface area contributed by atoms with Gasteiger partial charge in [-0.1, -0.05) is 17.3 Å². The lowest BCUT2D eigenvalue weighted by Crippen LogP contribution is -2.28. The van der Waals surface area contributed by atoms with E-state index in [-0.39, 0.29) is 22.5 Å². The first-order chi connectivity index (χ1) is 12.9. The van der Waals surface area contributed by atoms with Crippen LogP contribution in [0, 0.1) is 11.6 Å². The van der Waals surface area contributed by atoms with Gasteiger partial charge < -0.3 is 10.3 Å². The standard InChI is InChI=1S/C18H13F2N5O2/c1-9(10-2-4-11(19)5-3-10)21-17(26)15-16-18(27)22-13-8-12(20)6-7-14(13)25(16)24-23-15/h2-9H,1H3,(H,21,26)(H,22,27)/t9-/m1/s1. The van der Waals surface area contributed by atoms with Crippen LogP contribution >= 0.6 is 0 Å². The molecule has 0 saturated heterocycles. The zero-order chi connectivity index (χ0) is 19.1. The van der Waals surface area contributed by atoms with E-state index >= 15 is 0 Å². The molecule has 0 aliphatic heterocycles. The van der Waals surface area contributed by atoms with Crippen LogP contribution in [-0.4, -0.2) is 25.7 Å². The lowest BCUT2D eigenvalue weighted by atomic mass is 10.1. The summed E-state index contributed by atoms with van der Waals surface area (Å²) < 4.78 is 27.6. The summed E-state index contributed by atoms with van der Waals surface area (Å²) in [6.07, 6.45) is 0. The number of aromatic amines is 1. The van der Waals surface area contributed by atoms with Crippen LogP contribution in [-0.2, 0) is 0 Å². The maximum absolute atomic E-state index is 13.4. The fraction of sp³-hybridized carbons (Fsp3) is 0.111. The van der Waals surface area contributed by atoms with Gasteiger partial charge in [-0.15, -0.1) is 5.10 Å². The zero-order valence-corrected chi connectivity index (χ0v) is 14.0. The molecule has 1 amide bonds. The Hall–Kier alpha value is -3.62. The van der Waals surface area contributed by atoms with Gasteiger partial charge in [-0.05, 0) is 42.8 Å². The molecule has 0 aliphatic carbocycles. The van der Waals surface area contributed by atoms with Crippen molar-refractivity contribution in [2.24, 2.45) is 0 Å².